The minimum Gasteiger partial charge on any atom is -0.391 e. The third-order valence-electron chi connectivity index (χ3n) is 6.59. The molecule has 5 rings (SSSR count). The molecule has 1 saturated carbocycles. The van der Waals surface area contributed by atoms with Crippen molar-refractivity contribution in [2.45, 2.75) is 38.8 Å². The molecule has 0 radical (unpaired) electrons. The van der Waals surface area contributed by atoms with E-state index in [2.05, 4.69) is 15.2 Å². The number of aliphatic hydroxyl groups is 1. The van der Waals surface area contributed by atoms with Gasteiger partial charge in [0, 0.05) is 38.2 Å². The lowest BCUT2D eigenvalue weighted by Gasteiger charge is -2.35. The summed E-state index contributed by atoms with van der Waals surface area (Å²) in [5, 5.41) is 20.3. The summed E-state index contributed by atoms with van der Waals surface area (Å²) in [5.74, 6) is 0.746. The number of pyridine rings is 1. The number of aromatic nitrogens is 5. The topological polar surface area (TPSA) is 89.1 Å². The van der Waals surface area contributed by atoms with Crippen LogP contribution in [0, 0.1) is 25.7 Å². The van der Waals surface area contributed by atoms with Crippen molar-refractivity contribution in [3.8, 4) is 0 Å². The van der Waals surface area contributed by atoms with Crippen LogP contribution < -0.4 is 0 Å². The third-order valence-corrected chi connectivity index (χ3v) is 6.59. The average molecular weight is 394 g/mol. The quantitative estimate of drug-likeness (QED) is 0.717. The van der Waals surface area contributed by atoms with Gasteiger partial charge in [0.25, 0.3) is 5.91 Å². The highest BCUT2D eigenvalue weighted by molar-refractivity contribution is 6.06. The van der Waals surface area contributed by atoms with Gasteiger partial charge >= 0.3 is 0 Å². The largest absolute Gasteiger partial charge is 0.391 e. The third kappa shape index (κ3) is 2.93. The van der Waals surface area contributed by atoms with Gasteiger partial charge in [-0.3, -0.25) is 14.2 Å². The zero-order valence-corrected chi connectivity index (χ0v) is 17.0. The van der Waals surface area contributed by atoms with Crippen LogP contribution in [-0.4, -0.2) is 59.7 Å². The van der Waals surface area contributed by atoms with Crippen molar-refractivity contribution in [1.82, 2.24) is 29.4 Å². The Morgan fingerprint density at radius 2 is 1.97 bits per heavy atom. The Morgan fingerprint density at radius 1 is 1.21 bits per heavy atom. The van der Waals surface area contributed by atoms with Gasteiger partial charge in [-0.15, -0.1) is 0 Å². The Hall–Kier alpha value is -2.74. The number of carbonyl (C=O) groups is 1. The normalized spacial score (nSPS) is 26.8. The number of nitrogens with zero attached hydrogens (tertiary/aromatic N) is 6. The number of aryl methyl sites for hydroxylation is 3. The van der Waals surface area contributed by atoms with Crippen molar-refractivity contribution < 1.29 is 9.90 Å². The van der Waals surface area contributed by atoms with E-state index < -0.39 is 6.10 Å². The second-order valence-corrected chi connectivity index (χ2v) is 8.54. The molecule has 0 aromatic carbocycles. The summed E-state index contributed by atoms with van der Waals surface area (Å²) in [4.78, 5) is 20.0. The maximum atomic E-state index is 13.5. The molecular weight excluding hydrogens is 368 g/mol. The molecule has 1 amide bonds. The average Bonchev–Trinajstić information content (AvgIpc) is 3.40. The van der Waals surface area contributed by atoms with Crippen LogP contribution in [-0.2, 0) is 7.05 Å². The first-order valence-corrected chi connectivity index (χ1v) is 10.2. The Morgan fingerprint density at radius 3 is 2.69 bits per heavy atom. The highest BCUT2D eigenvalue weighted by Gasteiger charge is 2.44. The number of hydrogen-bond donors (Lipinski definition) is 1. The fourth-order valence-corrected chi connectivity index (χ4v) is 5.24. The number of hydrogen-bond acceptors (Lipinski definition) is 5. The molecule has 0 unspecified atom stereocenters. The predicted molar refractivity (Wildman–Crippen MR) is 107 cm³/mol. The molecule has 3 aromatic rings. The van der Waals surface area contributed by atoms with Crippen molar-refractivity contribution in [2.24, 2.45) is 18.9 Å². The molecular formula is C21H26N6O2. The molecule has 1 aliphatic heterocycles. The Kier molecular flexibility index (Phi) is 4.20. The fourth-order valence-electron chi connectivity index (χ4n) is 5.24. The molecule has 1 N–H and O–H groups in total. The first kappa shape index (κ1) is 18.3. The molecule has 3 aromatic heterocycles. The first-order chi connectivity index (χ1) is 13.9. The zero-order chi connectivity index (χ0) is 20.3. The number of fused-ring (bicyclic) bond motifs is 2. The standard InChI is InChI=1S/C21H26N6O2/c1-12-7-16(19-13(2)24-25(3)20(19)23-12)21(29)26-10-14-8-17(27-6-4-5-22-27)18(28)9-15(14)11-26/h4-7,14-15,17-18,28H,8-11H2,1-3H3/t14-,15+,17-,18-/m1/s1. The maximum Gasteiger partial charge on any atom is 0.254 e. The molecule has 8 nitrogen and oxygen atoms in total. The van der Waals surface area contributed by atoms with Crippen molar-refractivity contribution in [3.05, 3.63) is 41.5 Å². The van der Waals surface area contributed by atoms with Crippen LogP contribution >= 0.6 is 0 Å². The van der Waals surface area contributed by atoms with Crippen LogP contribution in [0.1, 0.15) is 40.6 Å². The van der Waals surface area contributed by atoms with Crippen LogP contribution in [0.5, 0.6) is 0 Å². The van der Waals surface area contributed by atoms with E-state index in [1.165, 1.54) is 0 Å². The van der Waals surface area contributed by atoms with Crippen molar-refractivity contribution in [2.75, 3.05) is 13.1 Å². The SMILES string of the molecule is Cc1cc(C(=O)N2C[C@H]3C[C@@H](n4cccn4)[C@H](O)C[C@H]3C2)c2c(C)nn(C)c2n1. The van der Waals surface area contributed by atoms with Gasteiger partial charge in [0.2, 0.25) is 0 Å². The Labute approximate surface area is 169 Å². The zero-order valence-electron chi connectivity index (χ0n) is 17.0. The summed E-state index contributed by atoms with van der Waals surface area (Å²) in [7, 11) is 1.86. The van der Waals surface area contributed by atoms with E-state index >= 15 is 0 Å². The van der Waals surface area contributed by atoms with Gasteiger partial charge in [-0.1, -0.05) is 0 Å². The summed E-state index contributed by atoms with van der Waals surface area (Å²) in [5.41, 5.74) is 3.07. The lowest BCUT2D eigenvalue weighted by atomic mass is 9.77. The number of rotatable bonds is 2. The smallest absolute Gasteiger partial charge is 0.254 e. The van der Waals surface area contributed by atoms with E-state index in [0.29, 0.717) is 30.4 Å². The Balaban J connectivity index is 1.42. The van der Waals surface area contributed by atoms with Crippen LogP contribution in [0.2, 0.25) is 0 Å². The van der Waals surface area contributed by atoms with Gasteiger partial charge in [-0.25, -0.2) is 4.98 Å². The summed E-state index contributed by atoms with van der Waals surface area (Å²) < 4.78 is 3.60. The van der Waals surface area contributed by atoms with E-state index in [-0.39, 0.29) is 11.9 Å². The molecule has 29 heavy (non-hydrogen) atoms. The fraction of sp³-hybridized carbons (Fsp3) is 0.524. The molecule has 152 valence electrons. The molecule has 0 spiro atoms. The Bertz CT molecular complexity index is 1070. The van der Waals surface area contributed by atoms with Crippen molar-refractivity contribution in [3.63, 3.8) is 0 Å². The molecule has 0 bridgehead atoms. The van der Waals surface area contributed by atoms with Gasteiger partial charge in [0.05, 0.1) is 28.8 Å². The van der Waals surface area contributed by atoms with Crippen molar-refractivity contribution in [1.29, 1.82) is 0 Å². The van der Waals surface area contributed by atoms with E-state index in [9.17, 15) is 9.90 Å². The summed E-state index contributed by atoms with van der Waals surface area (Å²) in [6, 6.07) is 3.75. The minimum absolute atomic E-state index is 0.0169. The number of carbonyl (C=O) groups excluding carboxylic acids is 1. The van der Waals surface area contributed by atoms with Crippen LogP contribution in [0.15, 0.2) is 24.5 Å². The number of likely N-dealkylation sites (tertiary alicyclic amines) is 1. The maximum absolute atomic E-state index is 13.5. The lowest BCUT2D eigenvalue weighted by Crippen LogP contribution is -2.36. The van der Waals surface area contributed by atoms with Crippen LogP contribution in [0.25, 0.3) is 11.0 Å². The van der Waals surface area contributed by atoms with Gasteiger partial charge in [0.15, 0.2) is 5.65 Å². The second-order valence-electron chi connectivity index (χ2n) is 8.54. The highest BCUT2D eigenvalue weighted by atomic mass is 16.3. The van der Waals surface area contributed by atoms with Gasteiger partial charge < -0.3 is 10.0 Å². The minimum atomic E-state index is -0.429. The molecule has 4 heterocycles. The summed E-state index contributed by atoms with van der Waals surface area (Å²) in [6.45, 7) is 5.24. The molecule has 8 heteroatoms. The van der Waals surface area contributed by atoms with Gasteiger partial charge in [0.1, 0.15) is 0 Å². The number of amides is 1. The lowest BCUT2D eigenvalue weighted by molar-refractivity contribution is 0.0306. The molecule has 4 atom stereocenters. The first-order valence-electron chi connectivity index (χ1n) is 10.2. The van der Waals surface area contributed by atoms with E-state index in [1.807, 2.05) is 48.8 Å². The number of aliphatic hydroxyl groups excluding tert-OH is 1. The van der Waals surface area contributed by atoms with E-state index in [0.717, 1.165) is 35.4 Å². The second kappa shape index (κ2) is 6.66. The van der Waals surface area contributed by atoms with E-state index in [1.54, 1.807) is 10.9 Å². The summed E-state index contributed by atoms with van der Waals surface area (Å²) in [6.07, 6.45) is 4.77. The summed E-state index contributed by atoms with van der Waals surface area (Å²) >= 11 is 0. The monoisotopic (exact) mass is 394 g/mol. The molecule has 1 aliphatic carbocycles. The van der Waals surface area contributed by atoms with Crippen LogP contribution in [0.4, 0.5) is 0 Å². The molecule has 2 aliphatic rings. The van der Waals surface area contributed by atoms with Crippen LogP contribution in [0.3, 0.4) is 0 Å². The molecule has 1 saturated heterocycles. The van der Waals surface area contributed by atoms with E-state index in [4.69, 9.17) is 0 Å². The molecule has 2 fully saturated rings. The predicted octanol–water partition coefficient (Wildman–Crippen LogP) is 1.87. The van der Waals surface area contributed by atoms with Gasteiger partial charge in [-0.2, -0.15) is 10.2 Å². The highest BCUT2D eigenvalue weighted by Crippen LogP contribution is 2.41. The van der Waals surface area contributed by atoms with Crippen molar-refractivity contribution >= 4 is 16.9 Å². The van der Waals surface area contributed by atoms with Gasteiger partial charge in [-0.05, 0) is 50.7 Å².